The standard InChI is InChI=1S/C14H23N3O2/c1-3-13(4-2)11(18)16-10(17-12(13)19)14(15)8-6-5-7-9-14/h3-9,15H2,1-2H3,(H,16,17,18,19). The summed E-state index contributed by atoms with van der Waals surface area (Å²) in [5.41, 5.74) is 4.71. The van der Waals surface area contributed by atoms with Crippen molar-refractivity contribution in [3.63, 3.8) is 0 Å². The Balaban J connectivity index is 2.31. The van der Waals surface area contributed by atoms with E-state index >= 15 is 0 Å². The summed E-state index contributed by atoms with van der Waals surface area (Å²) in [6, 6.07) is 0. The van der Waals surface area contributed by atoms with Gasteiger partial charge >= 0.3 is 0 Å². The number of amides is 2. The molecule has 3 N–H and O–H groups in total. The van der Waals surface area contributed by atoms with E-state index < -0.39 is 11.0 Å². The van der Waals surface area contributed by atoms with Crippen molar-refractivity contribution >= 4 is 17.6 Å². The van der Waals surface area contributed by atoms with Gasteiger partial charge in [-0.15, -0.1) is 0 Å². The van der Waals surface area contributed by atoms with E-state index in [0.29, 0.717) is 18.7 Å². The van der Waals surface area contributed by atoms with Crippen LogP contribution in [0, 0.1) is 5.41 Å². The number of aliphatic imine (C=N–C) groups is 1. The Kier molecular flexibility index (Phi) is 3.76. The highest BCUT2D eigenvalue weighted by Gasteiger charge is 2.48. The van der Waals surface area contributed by atoms with Crippen LogP contribution in [0.4, 0.5) is 0 Å². The molecular formula is C14H23N3O2. The Bertz CT molecular complexity index is 418. The van der Waals surface area contributed by atoms with E-state index in [2.05, 4.69) is 10.3 Å². The number of nitrogens with zero attached hydrogens (tertiary/aromatic N) is 1. The van der Waals surface area contributed by atoms with Crippen LogP contribution < -0.4 is 11.1 Å². The molecule has 0 saturated heterocycles. The molecule has 0 aromatic carbocycles. The van der Waals surface area contributed by atoms with Crippen molar-refractivity contribution in [2.45, 2.75) is 64.3 Å². The van der Waals surface area contributed by atoms with Crippen molar-refractivity contribution in [1.29, 1.82) is 0 Å². The summed E-state index contributed by atoms with van der Waals surface area (Å²) < 4.78 is 0. The third kappa shape index (κ3) is 2.20. The minimum Gasteiger partial charge on any atom is -0.319 e. The normalized spacial score (nSPS) is 25.7. The molecule has 19 heavy (non-hydrogen) atoms. The maximum atomic E-state index is 12.3. The number of rotatable bonds is 3. The molecule has 1 fully saturated rings. The number of nitrogens with one attached hydrogen (secondary N) is 1. The molecule has 0 spiro atoms. The molecule has 5 nitrogen and oxygen atoms in total. The summed E-state index contributed by atoms with van der Waals surface area (Å²) in [5.74, 6) is -0.172. The fourth-order valence-corrected chi connectivity index (χ4v) is 3.09. The second-order valence-electron chi connectivity index (χ2n) is 5.73. The zero-order chi connectivity index (χ0) is 14.1. The van der Waals surface area contributed by atoms with E-state index in [1.54, 1.807) is 0 Å². The lowest BCUT2D eigenvalue weighted by atomic mass is 9.76. The Morgan fingerprint density at radius 1 is 1.16 bits per heavy atom. The van der Waals surface area contributed by atoms with Crippen LogP contribution in [-0.2, 0) is 9.59 Å². The average Bonchev–Trinajstić information content (AvgIpc) is 2.40. The Morgan fingerprint density at radius 3 is 2.21 bits per heavy atom. The van der Waals surface area contributed by atoms with Gasteiger partial charge in [0.2, 0.25) is 5.91 Å². The number of hydrogen-bond acceptors (Lipinski definition) is 3. The Morgan fingerprint density at radius 2 is 1.74 bits per heavy atom. The van der Waals surface area contributed by atoms with Crippen LogP contribution >= 0.6 is 0 Å². The summed E-state index contributed by atoms with van der Waals surface area (Å²) in [6.45, 7) is 3.70. The molecule has 0 aromatic heterocycles. The van der Waals surface area contributed by atoms with Gasteiger partial charge in [-0.1, -0.05) is 33.1 Å². The zero-order valence-electron chi connectivity index (χ0n) is 11.8. The molecule has 1 aliphatic heterocycles. The first-order valence-electron chi connectivity index (χ1n) is 7.22. The minimum atomic E-state index is -0.992. The highest BCUT2D eigenvalue weighted by molar-refractivity contribution is 6.20. The second kappa shape index (κ2) is 5.04. The largest absolute Gasteiger partial charge is 0.319 e. The average molecular weight is 265 g/mol. The molecule has 2 aliphatic rings. The molecule has 2 amide bonds. The molecule has 0 bridgehead atoms. The molecule has 0 aromatic rings. The van der Waals surface area contributed by atoms with Crippen molar-refractivity contribution in [3.8, 4) is 0 Å². The maximum Gasteiger partial charge on any atom is 0.263 e. The zero-order valence-corrected chi connectivity index (χ0v) is 11.8. The van der Waals surface area contributed by atoms with Crippen LogP contribution in [0.25, 0.3) is 0 Å². The van der Waals surface area contributed by atoms with Crippen molar-refractivity contribution < 1.29 is 9.59 Å². The van der Waals surface area contributed by atoms with Gasteiger partial charge in [-0.25, -0.2) is 0 Å². The van der Waals surface area contributed by atoms with Gasteiger partial charge < -0.3 is 11.1 Å². The van der Waals surface area contributed by atoms with Gasteiger partial charge in [-0.2, -0.15) is 4.99 Å². The van der Waals surface area contributed by atoms with Crippen LogP contribution in [0.3, 0.4) is 0 Å². The topological polar surface area (TPSA) is 84.6 Å². The van der Waals surface area contributed by atoms with E-state index in [-0.39, 0.29) is 11.8 Å². The Labute approximate surface area is 114 Å². The first-order valence-corrected chi connectivity index (χ1v) is 7.22. The SMILES string of the molecule is CCC1(CC)C(=O)N=C(C2(N)CCCCC2)NC1=O. The van der Waals surface area contributed by atoms with E-state index in [1.165, 1.54) is 0 Å². The maximum absolute atomic E-state index is 12.3. The first-order chi connectivity index (χ1) is 8.98. The summed E-state index contributed by atoms with van der Waals surface area (Å²) >= 11 is 0. The summed E-state index contributed by atoms with van der Waals surface area (Å²) in [4.78, 5) is 28.7. The van der Waals surface area contributed by atoms with Gasteiger partial charge in [0, 0.05) is 0 Å². The molecule has 1 aliphatic carbocycles. The molecule has 0 unspecified atom stereocenters. The van der Waals surface area contributed by atoms with Crippen molar-refractivity contribution in [1.82, 2.24) is 5.32 Å². The van der Waals surface area contributed by atoms with Crippen LogP contribution in [0.1, 0.15) is 58.8 Å². The summed E-state index contributed by atoms with van der Waals surface area (Å²) in [6.07, 6.45) is 5.71. The molecule has 2 rings (SSSR count). The number of hydrogen-bond donors (Lipinski definition) is 2. The third-order valence-electron chi connectivity index (χ3n) is 4.71. The number of carbonyl (C=O) groups excluding carboxylic acids is 2. The quantitative estimate of drug-likeness (QED) is 0.758. The molecule has 1 saturated carbocycles. The smallest absolute Gasteiger partial charge is 0.263 e. The number of nitrogens with two attached hydrogens (primary N) is 1. The van der Waals surface area contributed by atoms with Crippen LogP contribution in [0.2, 0.25) is 0 Å². The monoisotopic (exact) mass is 265 g/mol. The lowest BCUT2D eigenvalue weighted by molar-refractivity contribution is -0.142. The van der Waals surface area contributed by atoms with Gasteiger partial charge in [0.15, 0.2) is 0 Å². The van der Waals surface area contributed by atoms with Gasteiger partial charge in [-0.3, -0.25) is 9.59 Å². The first kappa shape index (κ1) is 14.2. The third-order valence-corrected chi connectivity index (χ3v) is 4.71. The Hall–Kier alpha value is -1.23. The lowest BCUT2D eigenvalue weighted by Crippen LogP contribution is -2.62. The minimum absolute atomic E-state index is 0.233. The lowest BCUT2D eigenvalue weighted by Gasteiger charge is -2.39. The fraction of sp³-hybridized carbons (Fsp3) is 0.786. The van der Waals surface area contributed by atoms with Gasteiger partial charge in [0.1, 0.15) is 11.3 Å². The molecular weight excluding hydrogens is 242 g/mol. The number of amidine groups is 1. The van der Waals surface area contributed by atoms with E-state index in [1.807, 2.05) is 13.8 Å². The fourth-order valence-electron chi connectivity index (χ4n) is 3.09. The highest BCUT2D eigenvalue weighted by atomic mass is 16.2. The van der Waals surface area contributed by atoms with E-state index in [9.17, 15) is 9.59 Å². The molecule has 0 radical (unpaired) electrons. The summed E-state index contributed by atoms with van der Waals surface area (Å²) in [5, 5.41) is 2.82. The van der Waals surface area contributed by atoms with Crippen molar-refractivity contribution in [2.24, 2.45) is 16.1 Å². The second-order valence-corrected chi connectivity index (χ2v) is 5.73. The molecule has 0 atom stereocenters. The predicted octanol–water partition coefficient (Wildman–Crippen LogP) is 1.51. The molecule has 1 heterocycles. The van der Waals surface area contributed by atoms with E-state index in [0.717, 1.165) is 32.1 Å². The van der Waals surface area contributed by atoms with Crippen molar-refractivity contribution in [2.75, 3.05) is 0 Å². The molecule has 5 heteroatoms. The van der Waals surface area contributed by atoms with Crippen molar-refractivity contribution in [3.05, 3.63) is 0 Å². The van der Waals surface area contributed by atoms with Gasteiger partial charge in [0.25, 0.3) is 5.91 Å². The highest BCUT2D eigenvalue weighted by Crippen LogP contribution is 2.34. The number of carbonyl (C=O) groups is 2. The summed E-state index contributed by atoms with van der Waals surface area (Å²) in [7, 11) is 0. The predicted molar refractivity (Wildman–Crippen MR) is 73.6 cm³/mol. The van der Waals surface area contributed by atoms with Gasteiger partial charge in [0.05, 0.1) is 5.54 Å². The van der Waals surface area contributed by atoms with Gasteiger partial charge in [-0.05, 0) is 25.7 Å². The molecule has 106 valence electrons. The van der Waals surface area contributed by atoms with Crippen LogP contribution in [0.5, 0.6) is 0 Å². The van der Waals surface area contributed by atoms with Crippen LogP contribution in [0.15, 0.2) is 4.99 Å². The van der Waals surface area contributed by atoms with Crippen LogP contribution in [-0.4, -0.2) is 23.2 Å². The van der Waals surface area contributed by atoms with E-state index in [4.69, 9.17) is 5.73 Å².